The van der Waals surface area contributed by atoms with Gasteiger partial charge in [0.25, 0.3) is 0 Å². The fraction of sp³-hybridized carbons (Fsp3) is 0.0667. The van der Waals surface area contributed by atoms with Crippen LogP contribution in [0.1, 0.15) is 11.1 Å². The zero-order chi connectivity index (χ0) is 10.8. The second-order valence-corrected chi connectivity index (χ2v) is 3.85. The van der Waals surface area contributed by atoms with Gasteiger partial charge in [-0.25, -0.2) is 0 Å². The van der Waals surface area contributed by atoms with E-state index < -0.39 is 0 Å². The van der Waals surface area contributed by atoms with E-state index in [1.165, 1.54) is 16.7 Å². The summed E-state index contributed by atoms with van der Waals surface area (Å²) >= 11 is 0. The molecule has 1 heterocycles. The van der Waals surface area contributed by atoms with Crippen molar-refractivity contribution < 1.29 is 4.74 Å². The molecular formula is C15H12O. The van der Waals surface area contributed by atoms with E-state index in [1.807, 2.05) is 30.5 Å². The fourth-order valence-electron chi connectivity index (χ4n) is 1.93. The minimum Gasteiger partial charge on any atom is -0.489 e. The molecule has 1 aliphatic heterocycles. The van der Waals surface area contributed by atoms with Crippen LogP contribution in [0.25, 0.3) is 11.6 Å². The van der Waals surface area contributed by atoms with Gasteiger partial charge in [-0.1, -0.05) is 54.6 Å². The van der Waals surface area contributed by atoms with Crippen LogP contribution < -0.4 is 0 Å². The first-order chi connectivity index (χ1) is 7.95. The van der Waals surface area contributed by atoms with E-state index in [0.29, 0.717) is 0 Å². The minimum atomic E-state index is 0.166. The molecule has 1 unspecified atom stereocenters. The second-order valence-electron chi connectivity index (χ2n) is 3.85. The van der Waals surface area contributed by atoms with Gasteiger partial charge in [0.15, 0.2) is 0 Å². The average Bonchev–Trinajstić information content (AvgIpc) is 2.26. The molecule has 0 amide bonds. The monoisotopic (exact) mass is 208 g/mol. The first-order valence-corrected chi connectivity index (χ1v) is 5.41. The number of fused-ring (bicyclic) bond motifs is 3. The van der Waals surface area contributed by atoms with Crippen LogP contribution in [0.4, 0.5) is 0 Å². The zero-order valence-electron chi connectivity index (χ0n) is 8.84. The standard InChI is InChI=1S/C15H12O/c1-2-4-6-8-13-12(7-5-3-1)9-10-15-14(13)11-16-15/h1-11,15H. The summed E-state index contributed by atoms with van der Waals surface area (Å²) in [4.78, 5) is 0. The highest BCUT2D eigenvalue weighted by molar-refractivity contribution is 5.83. The molecule has 0 bridgehead atoms. The van der Waals surface area contributed by atoms with Gasteiger partial charge in [0, 0.05) is 5.57 Å². The SMILES string of the molecule is C1=CC2OC=C2c2ccccccccc21. The number of hydrogen-bond donors (Lipinski definition) is 0. The Morgan fingerprint density at radius 2 is 1.62 bits per heavy atom. The van der Waals surface area contributed by atoms with Crippen LogP contribution in [0.15, 0.2) is 60.9 Å². The summed E-state index contributed by atoms with van der Waals surface area (Å²) in [5.41, 5.74) is 3.77. The lowest BCUT2D eigenvalue weighted by Crippen LogP contribution is -2.20. The van der Waals surface area contributed by atoms with E-state index in [9.17, 15) is 0 Å². The van der Waals surface area contributed by atoms with Crippen LogP contribution in [0.3, 0.4) is 0 Å². The maximum atomic E-state index is 5.34. The molecule has 1 atom stereocenters. The molecule has 0 N–H and O–H groups in total. The zero-order valence-corrected chi connectivity index (χ0v) is 8.84. The van der Waals surface area contributed by atoms with Gasteiger partial charge in [-0.3, -0.25) is 0 Å². The van der Waals surface area contributed by atoms with Crippen molar-refractivity contribution in [3.63, 3.8) is 0 Å². The van der Waals surface area contributed by atoms with Crippen molar-refractivity contribution in [2.24, 2.45) is 0 Å². The van der Waals surface area contributed by atoms with Crippen LogP contribution in [0.5, 0.6) is 0 Å². The van der Waals surface area contributed by atoms with Gasteiger partial charge in [-0.05, 0) is 17.2 Å². The van der Waals surface area contributed by atoms with E-state index in [0.717, 1.165) is 0 Å². The first kappa shape index (κ1) is 9.22. The molecular weight excluding hydrogens is 196 g/mol. The number of rotatable bonds is 0. The molecule has 0 fully saturated rings. The Morgan fingerprint density at radius 3 is 2.38 bits per heavy atom. The third kappa shape index (κ3) is 1.50. The fourth-order valence-corrected chi connectivity index (χ4v) is 1.93. The Bertz CT molecular complexity index is 525. The molecule has 0 spiro atoms. The summed E-state index contributed by atoms with van der Waals surface area (Å²) in [5, 5.41) is 0. The van der Waals surface area contributed by atoms with E-state index in [-0.39, 0.29) is 6.10 Å². The van der Waals surface area contributed by atoms with Crippen molar-refractivity contribution in [2.45, 2.75) is 6.10 Å². The predicted molar refractivity (Wildman–Crippen MR) is 66.0 cm³/mol. The Hall–Kier alpha value is -2.02. The summed E-state index contributed by atoms with van der Waals surface area (Å²) in [6.45, 7) is 0. The second kappa shape index (κ2) is 3.86. The number of hydrogen-bond acceptors (Lipinski definition) is 1. The third-order valence-electron chi connectivity index (χ3n) is 2.81. The summed E-state index contributed by atoms with van der Waals surface area (Å²) < 4.78 is 5.34. The van der Waals surface area contributed by atoms with Gasteiger partial charge < -0.3 is 4.74 Å². The van der Waals surface area contributed by atoms with E-state index in [1.54, 1.807) is 0 Å². The Kier molecular flexibility index (Phi) is 2.22. The molecule has 1 aromatic carbocycles. The van der Waals surface area contributed by atoms with Gasteiger partial charge in [0.1, 0.15) is 6.10 Å². The molecule has 3 rings (SSSR count). The maximum Gasteiger partial charge on any atom is 0.145 e. The smallest absolute Gasteiger partial charge is 0.145 e. The van der Waals surface area contributed by atoms with Gasteiger partial charge >= 0.3 is 0 Å². The van der Waals surface area contributed by atoms with Crippen molar-refractivity contribution >= 4 is 11.6 Å². The normalized spacial score (nSPS) is 19.2. The summed E-state index contributed by atoms with van der Waals surface area (Å²) in [7, 11) is 0. The van der Waals surface area contributed by atoms with Gasteiger partial charge in [0.05, 0.1) is 6.26 Å². The van der Waals surface area contributed by atoms with Gasteiger partial charge in [-0.2, -0.15) is 0 Å². The molecule has 0 aromatic heterocycles. The largest absolute Gasteiger partial charge is 0.489 e. The van der Waals surface area contributed by atoms with Crippen molar-refractivity contribution in [1.29, 1.82) is 0 Å². The van der Waals surface area contributed by atoms with E-state index >= 15 is 0 Å². The molecule has 1 aliphatic carbocycles. The Morgan fingerprint density at radius 1 is 0.875 bits per heavy atom. The Balaban J connectivity index is 2.23. The van der Waals surface area contributed by atoms with Crippen LogP contribution in [-0.4, -0.2) is 6.10 Å². The highest BCUT2D eigenvalue weighted by Gasteiger charge is 2.25. The van der Waals surface area contributed by atoms with Gasteiger partial charge in [-0.15, -0.1) is 0 Å². The molecule has 0 saturated heterocycles. The topological polar surface area (TPSA) is 9.23 Å². The minimum absolute atomic E-state index is 0.166. The molecule has 0 radical (unpaired) electrons. The molecule has 0 saturated carbocycles. The molecule has 1 nitrogen and oxygen atoms in total. The predicted octanol–water partition coefficient (Wildman–Crippen LogP) is 3.58. The molecule has 78 valence electrons. The average molecular weight is 208 g/mol. The van der Waals surface area contributed by atoms with Crippen LogP contribution in [0, 0.1) is 0 Å². The first-order valence-electron chi connectivity index (χ1n) is 5.41. The highest BCUT2D eigenvalue weighted by Crippen LogP contribution is 2.35. The van der Waals surface area contributed by atoms with Crippen molar-refractivity contribution in [3.8, 4) is 0 Å². The molecule has 2 aliphatic rings. The summed E-state index contributed by atoms with van der Waals surface area (Å²) in [6, 6.07) is 16.5. The lowest BCUT2D eigenvalue weighted by Gasteiger charge is -2.29. The summed E-state index contributed by atoms with van der Waals surface area (Å²) in [6.07, 6.45) is 6.22. The van der Waals surface area contributed by atoms with E-state index in [2.05, 4.69) is 36.4 Å². The quantitative estimate of drug-likeness (QED) is 0.633. The van der Waals surface area contributed by atoms with E-state index in [4.69, 9.17) is 4.74 Å². The molecule has 16 heavy (non-hydrogen) atoms. The van der Waals surface area contributed by atoms with Crippen molar-refractivity contribution in [2.75, 3.05) is 0 Å². The molecule has 1 aromatic rings. The number of ether oxygens (including phenoxy) is 1. The van der Waals surface area contributed by atoms with Crippen LogP contribution >= 0.6 is 0 Å². The lowest BCUT2D eigenvalue weighted by molar-refractivity contribution is 0.194. The molecule has 1 heteroatoms. The third-order valence-corrected chi connectivity index (χ3v) is 2.81. The Labute approximate surface area is 95.0 Å². The maximum absolute atomic E-state index is 5.34. The highest BCUT2D eigenvalue weighted by atomic mass is 16.5. The van der Waals surface area contributed by atoms with Gasteiger partial charge in [0.2, 0.25) is 0 Å². The van der Waals surface area contributed by atoms with Crippen molar-refractivity contribution in [3.05, 3.63) is 72.0 Å². The van der Waals surface area contributed by atoms with Crippen molar-refractivity contribution in [1.82, 2.24) is 0 Å². The summed E-state index contributed by atoms with van der Waals surface area (Å²) in [5.74, 6) is 0. The van der Waals surface area contributed by atoms with Crippen LogP contribution in [0.2, 0.25) is 0 Å². The lowest BCUT2D eigenvalue weighted by atomic mass is 9.90. The van der Waals surface area contributed by atoms with Crippen LogP contribution in [-0.2, 0) is 4.74 Å².